The van der Waals surface area contributed by atoms with E-state index in [2.05, 4.69) is 6.58 Å². The van der Waals surface area contributed by atoms with Crippen LogP contribution in [0.4, 0.5) is 5.69 Å². The van der Waals surface area contributed by atoms with Crippen LogP contribution in [0.25, 0.3) is 0 Å². The maximum Gasteiger partial charge on any atom is 0.277 e. The summed E-state index contributed by atoms with van der Waals surface area (Å²) in [6.07, 6.45) is -1.47. The molecule has 1 rings (SSSR count). The molecular weight excluding hydrogens is 246 g/mol. The van der Waals surface area contributed by atoms with E-state index >= 15 is 0 Å². The van der Waals surface area contributed by atoms with Crippen LogP contribution < -0.4 is 0 Å². The first-order valence-electron chi connectivity index (χ1n) is 4.66. The van der Waals surface area contributed by atoms with Gasteiger partial charge < -0.3 is 5.11 Å². The molecule has 1 N–H and O–H groups in total. The minimum absolute atomic E-state index is 0.0223. The number of aliphatic hydroxyl groups is 1. The van der Waals surface area contributed by atoms with Crippen molar-refractivity contribution < 1.29 is 14.8 Å². The maximum atomic E-state index is 11.1. The van der Waals surface area contributed by atoms with Gasteiger partial charge in [-0.2, -0.15) is 0 Å². The number of nitrogens with zero attached hydrogens (tertiary/aromatic N) is 1. The number of nitro benzene ring substituents is 1. The second kappa shape index (κ2) is 5.07. The third-order valence-electron chi connectivity index (χ3n) is 2.28. The number of carbonyl (C=O) groups is 1. The predicted molar refractivity (Wildman–Crippen MR) is 62.9 cm³/mol. The van der Waals surface area contributed by atoms with Gasteiger partial charge in [-0.05, 0) is 13.0 Å². The Balaban J connectivity index is 3.34. The number of hydrogen-bond acceptors (Lipinski definition) is 4. The van der Waals surface area contributed by atoms with Gasteiger partial charge in [-0.3, -0.25) is 14.9 Å². The summed E-state index contributed by atoms with van der Waals surface area (Å²) in [7, 11) is 0. The van der Waals surface area contributed by atoms with Gasteiger partial charge in [0, 0.05) is 11.6 Å². The number of carbonyl (C=O) groups excluding carboxylic acids is 1. The molecule has 90 valence electrons. The highest BCUT2D eigenvalue weighted by atomic mass is 35.5. The van der Waals surface area contributed by atoms with Gasteiger partial charge in [-0.15, -0.1) is 0 Å². The molecule has 0 saturated carbocycles. The van der Waals surface area contributed by atoms with E-state index in [0.717, 1.165) is 0 Å². The third-order valence-corrected chi connectivity index (χ3v) is 2.61. The molecule has 6 heteroatoms. The summed E-state index contributed by atoms with van der Waals surface area (Å²) in [6, 6.07) is 4.01. The van der Waals surface area contributed by atoms with Gasteiger partial charge in [0.1, 0.15) is 6.10 Å². The minimum atomic E-state index is -1.47. The Morgan fingerprint density at radius 1 is 1.59 bits per heavy atom. The van der Waals surface area contributed by atoms with Crippen molar-refractivity contribution in [2.24, 2.45) is 0 Å². The number of ketones is 1. The number of hydrogen-bond donors (Lipinski definition) is 1. The molecule has 0 heterocycles. The first kappa shape index (κ1) is 13.3. The molecule has 0 radical (unpaired) electrons. The van der Waals surface area contributed by atoms with E-state index in [9.17, 15) is 20.0 Å². The second-order valence-electron chi connectivity index (χ2n) is 3.41. The molecule has 0 aliphatic rings. The van der Waals surface area contributed by atoms with Gasteiger partial charge in [0.2, 0.25) is 0 Å². The molecule has 0 fully saturated rings. The van der Waals surface area contributed by atoms with Crippen LogP contribution >= 0.6 is 11.6 Å². The lowest BCUT2D eigenvalue weighted by molar-refractivity contribution is -0.386. The number of rotatable bonds is 4. The van der Waals surface area contributed by atoms with Crippen LogP contribution in [-0.4, -0.2) is 15.8 Å². The van der Waals surface area contributed by atoms with E-state index in [4.69, 9.17) is 11.6 Å². The van der Waals surface area contributed by atoms with E-state index in [1.807, 2.05) is 0 Å². The van der Waals surface area contributed by atoms with Crippen LogP contribution in [-0.2, 0) is 4.79 Å². The SMILES string of the molecule is C=C(C(C)=O)C(O)c1c(Cl)cccc1[N+](=O)[O-]. The summed E-state index contributed by atoms with van der Waals surface area (Å²) in [5.41, 5.74) is -0.590. The van der Waals surface area contributed by atoms with Crippen LogP contribution in [0.2, 0.25) is 5.02 Å². The molecule has 1 atom stereocenters. The monoisotopic (exact) mass is 255 g/mol. The Labute approximate surface area is 102 Å². The molecule has 0 aromatic heterocycles. The average molecular weight is 256 g/mol. The first-order chi connectivity index (χ1) is 7.86. The van der Waals surface area contributed by atoms with Crippen LogP contribution in [0.15, 0.2) is 30.4 Å². The Kier molecular flexibility index (Phi) is 3.98. The fourth-order valence-electron chi connectivity index (χ4n) is 1.32. The quantitative estimate of drug-likeness (QED) is 0.509. The summed E-state index contributed by atoms with van der Waals surface area (Å²) in [6.45, 7) is 4.61. The fraction of sp³-hybridized carbons (Fsp3) is 0.182. The normalized spacial score (nSPS) is 11.9. The molecule has 1 unspecified atom stereocenters. The largest absolute Gasteiger partial charge is 0.383 e. The molecule has 1 aromatic rings. The summed E-state index contributed by atoms with van der Waals surface area (Å²) in [5, 5.41) is 20.7. The number of halogens is 1. The van der Waals surface area contributed by atoms with Crippen LogP contribution in [0.3, 0.4) is 0 Å². The zero-order chi connectivity index (χ0) is 13.2. The lowest BCUT2D eigenvalue weighted by atomic mass is 9.99. The van der Waals surface area contributed by atoms with Gasteiger partial charge in [0.05, 0.1) is 15.5 Å². The molecule has 1 aromatic carbocycles. The van der Waals surface area contributed by atoms with Gasteiger partial charge in [0.15, 0.2) is 5.78 Å². The van der Waals surface area contributed by atoms with Crippen molar-refractivity contribution in [2.75, 3.05) is 0 Å². The highest BCUT2D eigenvalue weighted by Crippen LogP contribution is 2.35. The summed E-state index contributed by atoms with van der Waals surface area (Å²) in [4.78, 5) is 21.2. The van der Waals surface area contributed by atoms with E-state index in [-0.39, 0.29) is 21.8 Å². The molecule has 0 aliphatic heterocycles. The van der Waals surface area contributed by atoms with Crippen molar-refractivity contribution in [1.82, 2.24) is 0 Å². The predicted octanol–water partition coefficient (Wildman–Crippen LogP) is 2.43. The number of nitro groups is 1. The second-order valence-corrected chi connectivity index (χ2v) is 3.82. The molecule has 0 bridgehead atoms. The topological polar surface area (TPSA) is 80.4 Å². The lowest BCUT2D eigenvalue weighted by Gasteiger charge is -2.13. The Hall–Kier alpha value is -1.72. The molecular formula is C11H10ClNO4. The van der Waals surface area contributed by atoms with Crippen LogP contribution in [0.1, 0.15) is 18.6 Å². The molecule has 0 spiro atoms. The zero-order valence-electron chi connectivity index (χ0n) is 9.01. The average Bonchev–Trinajstić information content (AvgIpc) is 2.26. The van der Waals surface area contributed by atoms with Crippen LogP contribution in [0, 0.1) is 10.1 Å². The molecule has 0 saturated heterocycles. The molecule has 0 aliphatic carbocycles. The third kappa shape index (κ3) is 2.69. The first-order valence-corrected chi connectivity index (χ1v) is 5.04. The van der Waals surface area contributed by atoms with E-state index in [0.29, 0.717) is 0 Å². The highest BCUT2D eigenvalue weighted by Gasteiger charge is 2.26. The highest BCUT2D eigenvalue weighted by molar-refractivity contribution is 6.31. The Bertz CT molecular complexity index is 498. The maximum absolute atomic E-state index is 11.1. The van der Waals surface area contributed by atoms with Gasteiger partial charge in [-0.25, -0.2) is 0 Å². The molecule has 0 amide bonds. The Morgan fingerprint density at radius 2 is 2.18 bits per heavy atom. The smallest absolute Gasteiger partial charge is 0.277 e. The fourth-order valence-corrected chi connectivity index (χ4v) is 1.60. The number of benzene rings is 1. The number of aliphatic hydroxyl groups excluding tert-OH is 1. The summed E-state index contributed by atoms with van der Waals surface area (Å²) in [5.74, 6) is -0.452. The van der Waals surface area contributed by atoms with E-state index in [1.165, 1.54) is 25.1 Å². The summed E-state index contributed by atoms with van der Waals surface area (Å²) < 4.78 is 0. The number of Topliss-reactive ketones (excluding diaryl/α,β-unsaturated/α-hetero) is 1. The van der Waals surface area contributed by atoms with Gasteiger partial charge >= 0.3 is 0 Å². The summed E-state index contributed by atoms with van der Waals surface area (Å²) >= 11 is 5.80. The van der Waals surface area contributed by atoms with Crippen molar-refractivity contribution in [3.8, 4) is 0 Å². The van der Waals surface area contributed by atoms with Crippen LogP contribution in [0.5, 0.6) is 0 Å². The Morgan fingerprint density at radius 3 is 2.65 bits per heavy atom. The van der Waals surface area contributed by atoms with E-state index < -0.39 is 16.8 Å². The molecule has 5 nitrogen and oxygen atoms in total. The van der Waals surface area contributed by atoms with Crippen molar-refractivity contribution in [3.05, 3.63) is 51.1 Å². The van der Waals surface area contributed by atoms with Crippen molar-refractivity contribution in [2.45, 2.75) is 13.0 Å². The van der Waals surface area contributed by atoms with Gasteiger partial charge in [-0.1, -0.05) is 24.2 Å². The standard InChI is InChI=1S/C11H10ClNO4/c1-6(7(2)14)11(15)10-8(12)4-3-5-9(10)13(16)17/h3-5,11,15H,1H2,2H3. The zero-order valence-corrected chi connectivity index (χ0v) is 9.77. The van der Waals surface area contributed by atoms with Crippen molar-refractivity contribution in [3.63, 3.8) is 0 Å². The van der Waals surface area contributed by atoms with E-state index in [1.54, 1.807) is 0 Å². The van der Waals surface area contributed by atoms with Crippen molar-refractivity contribution in [1.29, 1.82) is 0 Å². The molecule has 17 heavy (non-hydrogen) atoms. The lowest BCUT2D eigenvalue weighted by Crippen LogP contribution is -2.10. The minimum Gasteiger partial charge on any atom is -0.383 e. The van der Waals surface area contributed by atoms with Crippen molar-refractivity contribution >= 4 is 23.1 Å². The van der Waals surface area contributed by atoms with Gasteiger partial charge in [0.25, 0.3) is 5.69 Å².